The molecule has 0 spiro atoms. The van der Waals surface area contributed by atoms with Crippen LogP contribution >= 0.6 is 23.5 Å². The molecule has 1 saturated heterocycles. The summed E-state index contributed by atoms with van der Waals surface area (Å²) in [6.45, 7) is 1.90. The van der Waals surface area contributed by atoms with Gasteiger partial charge in [0.05, 0.1) is 20.0 Å². The molecule has 27 heavy (non-hydrogen) atoms. The number of nitrogens with zero attached hydrogens (tertiary/aromatic N) is 3. The number of anilines is 2. The minimum Gasteiger partial charge on any atom is -0.497 e. The lowest BCUT2D eigenvalue weighted by Crippen LogP contribution is -2.33. The second kappa shape index (κ2) is 9.70. The summed E-state index contributed by atoms with van der Waals surface area (Å²) >= 11 is 3.33. The molecule has 1 fully saturated rings. The lowest BCUT2D eigenvalue weighted by Gasteiger charge is -2.28. The van der Waals surface area contributed by atoms with Gasteiger partial charge in [0.25, 0.3) is 0 Å². The third-order valence-corrected chi connectivity index (χ3v) is 5.84. The van der Waals surface area contributed by atoms with Crippen LogP contribution in [0.3, 0.4) is 0 Å². The number of rotatable bonds is 7. The molecule has 0 radical (unpaired) electrons. The second-order valence-electron chi connectivity index (χ2n) is 5.72. The summed E-state index contributed by atoms with van der Waals surface area (Å²) in [5.41, 5.74) is 0.629. The molecule has 0 saturated carbocycles. The van der Waals surface area contributed by atoms with E-state index in [2.05, 4.69) is 20.2 Å². The quantitative estimate of drug-likeness (QED) is 0.704. The Morgan fingerprint density at radius 2 is 1.81 bits per heavy atom. The molecule has 1 aromatic carbocycles. The number of carbonyl (C=O) groups excluding carboxylic acids is 1. The van der Waals surface area contributed by atoms with E-state index in [4.69, 9.17) is 9.47 Å². The minimum absolute atomic E-state index is 0.124. The average molecular weight is 407 g/mol. The molecule has 1 aliphatic rings. The third kappa shape index (κ3) is 5.43. The number of hydrogen-bond donors (Lipinski definition) is 1. The van der Waals surface area contributed by atoms with Crippen LogP contribution in [0.2, 0.25) is 0 Å². The van der Waals surface area contributed by atoms with Crippen LogP contribution in [0.25, 0.3) is 0 Å². The molecule has 1 N–H and O–H groups in total. The first-order valence-corrected chi connectivity index (χ1v) is 10.6. The van der Waals surface area contributed by atoms with Crippen molar-refractivity contribution >= 4 is 40.9 Å². The van der Waals surface area contributed by atoms with Crippen LogP contribution in [0.1, 0.15) is 0 Å². The number of ether oxygens (including phenoxy) is 2. The van der Waals surface area contributed by atoms with E-state index in [-0.39, 0.29) is 11.7 Å². The predicted molar refractivity (Wildman–Crippen MR) is 110 cm³/mol. The van der Waals surface area contributed by atoms with E-state index < -0.39 is 0 Å². The van der Waals surface area contributed by atoms with Gasteiger partial charge in [-0.05, 0) is 0 Å². The van der Waals surface area contributed by atoms with Crippen molar-refractivity contribution in [2.45, 2.75) is 5.03 Å². The van der Waals surface area contributed by atoms with Gasteiger partial charge in [-0.15, -0.1) is 0 Å². The molecule has 1 aromatic heterocycles. The van der Waals surface area contributed by atoms with Gasteiger partial charge in [0.2, 0.25) is 5.91 Å². The number of methoxy groups -OCH3 is 2. The summed E-state index contributed by atoms with van der Waals surface area (Å²) in [5.74, 6) is 4.39. The molecule has 7 nitrogen and oxygen atoms in total. The Balaban J connectivity index is 1.63. The summed E-state index contributed by atoms with van der Waals surface area (Å²) in [7, 11) is 3.15. The number of nitrogens with one attached hydrogen (secondary N) is 1. The predicted octanol–water partition coefficient (Wildman–Crippen LogP) is 2.78. The van der Waals surface area contributed by atoms with Crippen LogP contribution in [0.5, 0.6) is 11.5 Å². The number of amides is 1. The third-order valence-electron chi connectivity index (χ3n) is 3.93. The summed E-state index contributed by atoms with van der Waals surface area (Å²) in [6.07, 6.45) is 3.36. The van der Waals surface area contributed by atoms with E-state index in [9.17, 15) is 4.79 Å². The maximum atomic E-state index is 12.4. The maximum absolute atomic E-state index is 12.4. The van der Waals surface area contributed by atoms with Gasteiger partial charge in [0, 0.05) is 60.9 Å². The van der Waals surface area contributed by atoms with E-state index in [1.807, 2.05) is 11.8 Å². The Hall–Kier alpha value is -2.13. The fraction of sp³-hybridized carbons (Fsp3) is 0.389. The maximum Gasteiger partial charge on any atom is 0.234 e. The highest BCUT2D eigenvalue weighted by molar-refractivity contribution is 8.00. The molecule has 2 aromatic rings. The number of carbonyl (C=O) groups is 1. The van der Waals surface area contributed by atoms with Crippen molar-refractivity contribution in [3.05, 3.63) is 30.6 Å². The highest BCUT2D eigenvalue weighted by Crippen LogP contribution is 2.29. The summed E-state index contributed by atoms with van der Waals surface area (Å²) in [4.78, 5) is 23.5. The van der Waals surface area contributed by atoms with E-state index in [1.54, 1.807) is 44.8 Å². The molecule has 0 unspecified atom stereocenters. The lowest BCUT2D eigenvalue weighted by molar-refractivity contribution is -0.113. The van der Waals surface area contributed by atoms with E-state index in [0.29, 0.717) is 17.2 Å². The normalized spacial score (nSPS) is 13.9. The standard InChI is InChI=1S/C18H22N4O3S2/c1-24-14-9-13(10-15(11-14)25-2)21-16(23)12-27-18-17(19-3-4-20-18)22-5-7-26-8-6-22/h3-4,9-11H,5-8,12H2,1-2H3,(H,21,23). The van der Waals surface area contributed by atoms with Gasteiger partial charge in [-0.25, -0.2) is 9.97 Å². The minimum atomic E-state index is -0.124. The number of hydrogen-bond acceptors (Lipinski definition) is 8. The Morgan fingerprint density at radius 1 is 1.15 bits per heavy atom. The number of aromatic nitrogens is 2. The molecule has 1 amide bonds. The molecule has 2 heterocycles. The van der Waals surface area contributed by atoms with Gasteiger partial charge in [-0.2, -0.15) is 11.8 Å². The van der Waals surface area contributed by atoms with Crippen molar-refractivity contribution in [2.24, 2.45) is 0 Å². The first-order valence-electron chi connectivity index (χ1n) is 8.49. The Morgan fingerprint density at radius 3 is 2.48 bits per heavy atom. The van der Waals surface area contributed by atoms with Gasteiger partial charge in [-0.3, -0.25) is 4.79 Å². The highest BCUT2D eigenvalue weighted by Gasteiger charge is 2.18. The van der Waals surface area contributed by atoms with Gasteiger partial charge in [0.1, 0.15) is 16.5 Å². The number of benzene rings is 1. The van der Waals surface area contributed by atoms with Crippen molar-refractivity contribution in [3.63, 3.8) is 0 Å². The van der Waals surface area contributed by atoms with Crippen LogP contribution in [-0.4, -0.2) is 60.4 Å². The number of thioether (sulfide) groups is 2. The zero-order valence-electron chi connectivity index (χ0n) is 15.3. The van der Waals surface area contributed by atoms with Crippen molar-refractivity contribution < 1.29 is 14.3 Å². The van der Waals surface area contributed by atoms with Crippen molar-refractivity contribution in [3.8, 4) is 11.5 Å². The summed E-state index contributed by atoms with van der Waals surface area (Å²) in [6, 6.07) is 5.27. The molecule has 0 bridgehead atoms. The Bertz CT molecular complexity index is 763. The lowest BCUT2D eigenvalue weighted by atomic mass is 10.2. The van der Waals surface area contributed by atoms with Crippen LogP contribution < -0.4 is 19.7 Å². The fourth-order valence-corrected chi connectivity index (χ4v) is 4.31. The molecule has 0 atom stereocenters. The Labute approximate surface area is 167 Å². The molecule has 9 heteroatoms. The molecular formula is C18H22N4O3S2. The highest BCUT2D eigenvalue weighted by atomic mass is 32.2. The monoisotopic (exact) mass is 406 g/mol. The zero-order chi connectivity index (χ0) is 19.1. The van der Waals surface area contributed by atoms with Crippen LogP contribution in [-0.2, 0) is 4.79 Å². The topological polar surface area (TPSA) is 76.6 Å². The zero-order valence-corrected chi connectivity index (χ0v) is 16.9. The van der Waals surface area contributed by atoms with Gasteiger partial charge >= 0.3 is 0 Å². The first kappa shape index (κ1) is 19.6. The fourth-order valence-electron chi connectivity index (χ4n) is 2.62. The molecule has 0 aliphatic carbocycles. The van der Waals surface area contributed by atoms with E-state index >= 15 is 0 Å². The van der Waals surface area contributed by atoms with Crippen molar-refractivity contribution in [1.29, 1.82) is 0 Å². The molecular weight excluding hydrogens is 384 g/mol. The smallest absolute Gasteiger partial charge is 0.234 e. The SMILES string of the molecule is COc1cc(NC(=O)CSc2nccnc2N2CCSCC2)cc(OC)c1. The second-order valence-corrected chi connectivity index (χ2v) is 7.91. The van der Waals surface area contributed by atoms with E-state index in [1.165, 1.54) is 11.8 Å². The van der Waals surface area contributed by atoms with Crippen molar-refractivity contribution in [1.82, 2.24) is 9.97 Å². The van der Waals surface area contributed by atoms with Crippen LogP contribution in [0.15, 0.2) is 35.6 Å². The van der Waals surface area contributed by atoms with Gasteiger partial charge in [-0.1, -0.05) is 11.8 Å². The van der Waals surface area contributed by atoms with Gasteiger partial charge < -0.3 is 19.7 Å². The van der Waals surface area contributed by atoms with Crippen LogP contribution in [0.4, 0.5) is 11.5 Å². The van der Waals surface area contributed by atoms with E-state index in [0.717, 1.165) is 35.4 Å². The molecule has 3 rings (SSSR count). The first-order chi connectivity index (χ1) is 13.2. The average Bonchev–Trinajstić information content (AvgIpc) is 2.72. The van der Waals surface area contributed by atoms with Crippen LogP contribution in [0, 0.1) is 0 Å². The molecule has 1 aliphatic heterocycles. The van der Waals surface area contributed by atoms with Crippen molar-refractivity contribution in [2.75, 3.05) is 54.8 Å². The summed E-state index contributed by atoms with van der Waals surface area (Å²) in [5, 5.41) is 3.66. The Kier molecular flexibility index (Phi) is 7.05. The van der Waals surface area contributed by atoms with Gasteiger partial charge in [0.15, 0.2) is 5.82 Å². The largest absolute Gasteiger partial charge is 0.497 e. The molecule has 144 valence electrons. The summed E-state index contributed by atoms with van der Waals surface area (Å²) < 4.78 is 10.5.